The van der Waals surface area contributed by atoms with Crippen LogP contribution in [0.25, 0.3) is 0 Å². The molecule has 0 aliphatic rings. The Kier molecular flexibility index (Phi) is 6.66. The minimum atomic E-state index is -0.693. The molecule has 10 heteroatoms. The number of ether oxygens (including phenoxy) is 1. The van der Waals surface area contributed by atoms with Crippen LogP contribution in [0.5, 0.6) is 5.88 Å². The monoisotopic (exact) mass is 476 g/mol. The number of nitrogen functional groups attached to an aromatic ring is 1. The van der Waals surface area contributed by atoms with Crippen molar-refractivity contribution < 1.29 is 13.9 Å². The molecule has 8 nitrogen and oxygen atoms in total. The summed E-state index contributed by atoms with van der Waals surface area (Å²) in [6.45, 7) is 4.80. The second-order valence-corrected chi connectivity index (χ2v) is 7.55. The van der Waals surface area contributed by atoms with Gasteiger partial charge in [-0.3, -0.25) is 9.48 Å². The molecule has 0 aliphatic carbocycles. The van der Waals surface area contributed by atoms with Crippen LogP contribution in [-0.2, 0) is 13.1 Å². The predicted molar refractivity (Wildman–Crippen MR) is 113 cm³/mol. The third-order valence-corrected chi connectivity index (χ3v) is 4.87. The van der Waals surface area contributed by atoms with E-state index in [1.54, 1.807) is 29.7 Å². The summed E-state index contributed by atoms with van der Waals surface area (Å²) in [5.41, 5.74) is 7.43. The maximum atomic E-state index is 14.0. The third-order valence-electron chi connectivity index (χ3n) is 4.49. The molecule has 3 aromatic rings. The van der Waals surface area contributed by atoms with E-state index in [-0.39, 0.29) is 17.6 Å². The lowest BCUT2D eigenvalue weighted by Gasteiger charge is -2.22. The number of nitrogens with zero attached hydrogens (tertiary/aromatic N) is 5. The van der Waals surface area contributed by atoms with Gasteiger partial charge in [0.2, 0.25) is 0 Å². The second-order valence-electron chi connectivity index (χ2n) is 6.74. The molecular weight excluding hydrogens is 455 g/mol. The minimum Gasteiger partial charge on any atom is -0.467 e. The summed E-state index contributed by atoms with van der Waals surface area (Å²) in [6, 6.07) is 3.98. The normalized spacial score (nSPS) is 11.9. The van der Waals surface area contributed by atoms with Gasteiger partial charge in [-0.2, -0.15) is 5.10 Å². The predicted octanol–water partition coefficient (Wildman–Crippen LogP) is 3.59. The molecule has 1 amide bonds. The van der Waals surface area contributed by atoms with Gasteiger partial charge >= 0.3 is 0 Å². The van der Waals surface area contributed by atoms with Crippen molar-refractivity contribution in [1.82, 2.24) is 24.6 Å². The van der Waals surface area contributed by atoms with E-state index in [1.807, 2.05) is 13.1 Å². The lowest BCUT2D eigenvalue weighted by atomic mass is 10.0. The first-order valence-electron chi connectivity index (χ1n) is 9.29. The Balaban J connectivity index is 1.84. The van der Waals surface area contributed by atoms with E-state index in [9.17, 15) is 9.18 Å². The average molecular weight is 477 g/mol. The number of hydrogen-bond acceptors (Lipinski definition) is 6. The highest BCUT2D eigenvalue weighted by Gasteiger charge is 2.22. The summed E-state index contributed by atoms with van der Waals surface area (Å²) >= 11 is 3.21. The van der Waals surface area contributed by atoms with E-state index in [0.29, 0.717) is 22.3 Å². The number of nitrogens with two attached hydrogens (primary N) is 1. The molecule has 158 valence electrons. The SMILES string of the molecule is CCn1cc(CN(C)C(=O)c2ccc(F)cc2[C@@H](C)Oc2nc(Br)cnc2N)cn1. The van der Waals surface area contributed by atoms with Crippen LogP contribution in [0.1, 0.15) is 41.4 Å². The van der Waals surface area contributed by atoms with E-state index in [2.05, 4.69) is 31.0 Å². The highest BCUT2D eigenvalue weighted by molar-refractivity contribution is 9.10. The first-order valence-corrected chi connectivity index (χ1v) is 10.1. The molecule has 0 bridgehead atoms. The van der Waals surface area contributed by atoms with Gasteiger partial charge in [0.05, 0.1) is 12.4 Å². The largest absolute Gasteiger partial charge is 0.467 e. The molecule has 1 atom stereocenters. The number of carbonyl (C=O) groups is 1. The first kappa shape index (κ1) is 21.7. The summed E-state index contributed by atoms with van der Waals surface area (Å²) < 4.78 is 22.0. The number of rotatable bonds is 7. The van der Waals surface area contributed by atoms with Crippen molar-refractivity contribution in [2.75, 3.05) is 12.8 Å². The Labute approximate surface area is 182 Å². The summed E-state index contributed by atoms with van der Waals surface area (Å²) in [6.07, 6.45) is 4.36. The van der Waals surface area contributed by atoms with Crippen LogP contribution in [0, 0.1) is 5.82 Å². The molecule has 1 aromatic carbocycles. The molecule has 0 saturated heterocycles. The van der Waals surface area contributed by atoms with Crippen LogP contribution in [0.4, 0.5) is 10.2 Å². The fourth-order valence-electron chi connectivity index (χ4n) is 2.96. The number of halogens is 2. The molecule has 0 unspecified atom stereocenters. The Morgan fingerprint density at radius 1 is 1.40 bits per heavy atom. The molecule has 30 heavy (non-hydrogen) atoms. The number of anilines is 1. The summed E-state index contributed by atoms with van der Waals surface area (Å²) in [7, 11) is 1.68. The number of hydrogen-bond donors (Lipinski definition) is 1. The standard InChI is InChI=1S/C20H22BrFN6O2/c1-4-28-11-13(8-25-28)10-27(3)20(29)15-6-5-14(22)7-16(15)12(2)30-19-18(23)24-9-17(21)26-19/h5-9,11-12H,4,10H2,1-3H3,(H2,23,24)/t12-/m1/s1. The van der Waals surface area contributed by atoms with Crippen molar-refractivity contribution in [2.45, 2.75) is 33.0 Å². The van der Waals surface area contributed by atoms with Crippen LogP contribution >= 0.6 is 15.9 Å². The van der Waals surface area contributed by atoms with Crippen LogP contribution in [-0.4, -0.2) is 37.6 Å². The van der Waals surface area contributed by atoms with Gasteiger partial charge in [-0.15, -0.1) is 0 Å². The highest BCUT2D eigenvalue weighted by atomic mass is 79.9. The number of aromatic nitrogens is 4. The number of aryl methyl sites for hydroxylation is 1. The zero-order valence-corrected chi connectivity index (χ0v) is 18.4. The summed E-state index contributed by atoms with van der Waals surface area (Å²) in [5, 5.41) is 4.22. The Bertz CT molecular complexity index is 1060. The molecule has 0 aliphatic heterocycles. The molecule has 2 N–H and O–H groups in total. The lowest BCUT2D eigenvalue weighted by Crippen LogP contribution is -2.28. The van der Waals surface area contributed by atoms with Gasteiger partial charge in [0.1, 0.15) is 16.5 Å². The van der Waals surface area contributed by atoms with E-state index in [1.165, 1.54) is 24.4 Å². The van der Waals surface area contributed by atoms with E-state index >= 15 is 0 Å². The summed E-state index contributed by atoms with van der Waals surface area (Å²) in [4.78, 5) is 22.8. The van der Waals surface area contributed by atoms with Crippen molar-refractivity contribution >= 4 is 27.7 Å². The average Bonchev–Trinajstić information content (AvgIpc) is 3.17. The van der Waals surface area contributed by atoms with Crippen LogP contribution in [0.15, 0.2) is 41.4 Å². The van der Waals surface area contributed by atoms with Crippen molar-refractivity contribution in [3.8, 4) is 5.88 Å². The molecule has 0 radical (unpaired) electrons. The fraction of sp³-hybridized carbons (Fsp3) is 0.300. The molecule has 2 aromatic heterocycles. The van der Waals surface area contributed by atoms with Crippen LogP contribution in [0.3, 0.4) is 0 Å². The quantitative estimate of drug-likeness (QED) is 0.559. The van der Waals surface area contributed by atoms with Crippen LogP contribution in [0.2, 0.25) is 0 Å². The van der Waals surface area contributed by atoms with Crippen molar-refractivity contribution in [3.63, 3.8) is 0 Å². The van der Waals surface area contributed by atoms with Crippen molar-refractivity contribution in [3.05, 3.63) is 63.9 Å². The van der Waals surface area contributed by atoms with Crippen molar-refractivity contribution in [2.24, 2.45) is 0 Å². The van der Waals surface area contributed by atoms with E-state index in [4.69, 9.17) is 10.5 Å². The Hall–Kier alpha value is -3.01. The van der Waals surface area contributed by atoms with Gasteiger partial charge in [-0.05, 0) is 48.0 Å². The third kappa shape index (κ3) is 4.93. The minimum absolute atomic E-state index is 0.0967. The maximum Gasteiger partial charge on any atom is 0.258 e. The number of carbonyl (C=O) groups excluding carboxylic acids is 1. The van der Waals surface area contributed by atoms with Gasteiger partial charge in [0.25, 0.3) is 11.8 Å². The fourth-order valence-corrected chi connectivity index (χ4v) is 3.22. The van der Waals surface area contributed by atoms with Gasteiger partial charge in [-0.1, -0.05) is 0 Å². The van der Waals surface area contributed by atoms with Gasteiger partial charge < -0.3 is 15.4 Å². The Morgan fingerprint density at radius 3 is 2.87 bits per heavy atom. The maximum absolute atomic E-state index is 14.0. The van der Waals surface area contributed by atoms with Gasteiger partial charge in [0.15, 0.2) is 5.82 Å². The zero-order valence-electron chi connectivity index (χ0n) is 16.8. The van der Waals surface area contributed by atoms with Crippen molar-refractivity contribution in [1.29, 1.82) is 0 Å². The smallest absolute Gasteiger partial charge is 0.258 e. The summed E-state index contributed by atoms with van der Waals surface area (Å²) in [5.74, 6) is -0.547. The molecule has 0 fully saturated rings. The first-order chi connectivity index (χ1) is 14.3. The van der Waals surface area contributed by atoms with Gasteiger partial charge in [-0.25, -0.2) is 14.4 Å². The number of amides is 1. The number of benzene rings is 1. The van der Waals surface area contributed by atoms with E-state index < -0.39 is 11.9 Å². The molecule has 2 heterocycles. The highest BCUT2D eigenvalue weighted by Crippen LogP contribution is 2.28. The lowest BCUT2D eigenvalue weighted by molar-refractivity contribution is 0.0780. The molecule has 3 rings (SSSR count). The molecule has 0 spiro atoms. The van der Waals surface area contributed by atoms with Gasteiger partial charge in [0, 0.05) is 43.0 Å². The molecule has 0 saturated carbocycles. The molecular formula is C20H22BrFN6O2. The van der Waals surface area contributed by atoms with Crippen LogP contribution < -0.4 is 10.5 Å². The zero-order chi connectivity index (χ0) is 21.8. The second kappa shape index (κ2) is 9.21. The topological polar surface area (TPSA) is 99.2 Å². The van der Waals surface area contributed by atoms with E-state index in [0.717, 1.165) is 12.1 Å². The Morgan fingerprint density at radius 2 is 2.17 bits per heavy atom.